The number of aryl methyl sites for hydroxylation is 1. The first-order valence-electron chi connectivity index (χ1n) is 13.3. The molecule has 3 aromatic rings. The lowest BCUT2D eigenvalue weighted by molar-refractivity contribution is -0.135. The molecule has 2 aliphatic heterocycles. The van der Waals surface area contributed by atoms with Crippen molar-refractivity contribution in [2.75, 3.05) is 45.9 Å². The lowest BCUT2D eigenvalue weighted by Crippen LogP contribution is -2.51. The molecular weight excluding hydrogens is 498 g/mol. The van der Waals surface area contributed by atoms with Crippen LogP contribution in [-0.2, 0) is 14.8 Å². The number of rotatable bonds is 8. The lowest BCUT2D eigenvalue weighted by Gasteiger charge is -2.39. The Labute approximate surface area is 225 Å². The molecule has 5 rings (SSSR count). The fraction of sp³-hybridized carbons (Fsp3) is 0.367. The Balaban J connectivity index is 1.19. The Morgan fingerprint density at radius 1 is 0.816 bits per heavy atom. The van der Waals surface area contributed by atoms with E-state index in [0.717, 1.165) is 25.9 Å². The predicted octanol–water partition coefficient (Wildman–Crippen LogP) is 4.09. The smallest absolute Gasteiger partial charge is 0.260 e. The maximum Gasteiger partial charge on any atom is 0.260 e. The zero-order valence-corrected chi connectivity index (χ0v) is 22.6. The molecule has 0 aliphatic carbocycles. The molecule has 0 radical (unpaired) electrons. The summed E-state index contributed by atoms with van der Waals surface area (Å²) in [6.45, 7) is 5.67. The first-order chi connectivity index (χ1) is 18.4. The number of sulfonamides is 1. The molecule has 2 heterocycles. The van der Waals surface area contributed by atoms with E-state index in [4.69, 9.17) is 4.74 Å². The average molecular weight is 534 g/mol. The molecule has 200 valence electrons. The maximum absolute atomic E-state index is 13.0. The maximum atomic E-state index is 13.0. The largest absolute Gasteiger partial charge is 0.483 e. The zero-order valence-electron chi connectivity index (χ0n) is 21.8. The van der Waals surface area contributed by atoms with E-state index in [9.17, 15) is 13.2 Å². The van der Waals surface area contributed by atoms with Crippen LogP contribution in [0, 0.1) is 6.92 Å². The van der Waals surface area contributed by atoms with Gasteiger partial charge in [0, 0.05) is 39.3 Å². The SMILES string of the molecule is Cc1cc(S(=O)(=O)N2CCCC2)ccc1OCC(=O)N1CCN(C(c2ccccc2)c2ccccc2)CC1. The second-order valence-electron chi connectivity index (χ2n) is 9.97. The van der Waals surface area contributed by atoms with Gasteiger partial charge in [-0.3, -0.25) is 9.69 Å². The molecule has 0 unspecified atom stereocenters. The third-order valence-corrected chi connectivity index (χ3v) is 9.36. The van der Waals surface area contributed by atoms with E-state index in [1.165, 1.54) is 15.4 Å². The van der Waals surface area contributed by atoms with Gasteiger partial charge in [0.2, 0.25) is 10.0 Å². The second kappa shape index (κ2) is 11.7. The molecule has 0 atom stereocenters. The second-order valence-corrected chi connectivity index (χ2v) is 11.9. The van der Waals surface area contributed by atoms with Gasteiger partial charge in [0.05, 0.1) is 10.9 Å². The minimum Gasteiger partial charge on any atom is -0.483 e. The fourth-order valence-corrected chi connectivity index (χ4v) is 6.97. The van der Waals surface area contributed by atoms with E-state index in [1.54, 1.807) is 18.2 Å². The van der Waals surface area contributed by atoms with Crippen molar-refractivity contribution in [3.63, 3.8) is 0 Å². The van der Waals surface area contributed by atoms with Crippen LogP contribution < -0.4 is 4.74 Å². The van der Waals surface area contributed by atoms with Crippen molar-refractivity contribution >= 4 is 15.9 Å². The monoisotopic (exact) mass is 533 g/mol. The van der Waals surface area contributed by atoms with E-state index in [1.807, 2.05) is 24.0 Å². The molecule has 7 nitrogen and oxygen atoms in total. The number of hydrogen-bond acceptors (Lipinski definition) is 5. The zero-order chi connectivity index (χ0) is 26.5. The van der Waals surface area contributed by atoms with Crippen molar-refractivity contribution in [1.82, 2.24) is 14.1 Å². The normalized spacial score (nSPS) is 17.2. The topological polar surface area (TPSA) is 70.2 Å². The van der Waals surface area contributed by atoms with Crippen molar-refractivity contribution in [2.45, 2.75) is 30.7 Å². The molecule has 0 aromatic heterocycles. The lowest BCUT2D eigenvalue weighted by atomic mass is 9.96. The molecule has 8 heteroatoms. The summed E-state index contributed by atoms with van der Waals surface area (Å²) in [5.74, 6) is 0.472. The van der Waals surface area contributed by atoms with Gasteiger partial charge in [-0.2, -0.15) is 4.31 Å². The molecule has 0 bridgehead atoms. The number of benzene rings is 3. The third kappa shape index (κ3) is 5.77. The Morgan fingerprint density at radius 2 is 1.39 bits per heavy atom. The molecule has 2 aliphatic rings. The van der Waals surface area contributed by atoms with Crippen LogP contribution in [0.15, 0.2) is 83.8 Å². The van der Waals surface area contributed by atoms with Crippen molar-refractivity contribution in [2.24, 2.45) is 0 Å². The summed E-state index contributed by atoms with van der Waals surface area (Å²) in [5, 5.41) is 0. The number of hydrogen-bond donors (Lipinski definition) is 0. The number of carbonyl (C=O) groups excluding carboxylic acids is 1. The summed E-state index contributed by atoms with van der Waals surface area (Å²) >= 11 is 0. The molecule has 0 spiro atoms. The van der Waals surface area contributed by atoms with E-state index in [2.05, 4.69) is 53.4 Å². The summed E-state index contributed by atoms with van der Waals surface area (Å²) in [6.07, 6.45) is 1.80. The minimum atomic E-state index is -3.48. The van der Waals surface area contributed by atoms with E-state index < -0.39 is 10.0 Å². The van der Waals surface area contributed by atoms with Crippen LogP contribution in [0.25, 0.3) is 0 Å². The predicted molar refractivity (Wildman–Crippen MR) is 148 cm³/mol. The van der Waals surface area contributed by atoms with Gasteiger partial charge in [0.15, 0.2) is 6.61 Å². The van der Waals surface area contributed by atoms with Crippen molar-refractivity contribution in [3.05, 3.63) is 95.6 Å². The summed E-state index contributed by atoms with van der Waals surface area (Å²) in [6, 6.07) is 26.0. The summed E-state index contributed by atoms with van der Waals surface area (Å²) in [7, 11) is -3.48. The highest BCUT2D eigenvalue weighted by atomic mass is 32.2. The Hall–Kier alpha value is -3.20. The van der Waals surface area contributed by atoms with Crippen LogP contribution in [0.4, 0.5) is 0 Å². The molecule has 0 saturated carbocycles. The Bertz CT molecular complexity index is 1290. The number of piperazine rings is 1. The van der Waals surface area contributed by atoms with Crippen molar-refractivity contribution < 1.29 is 17.9 Å². The van der Waals surface area contributed by atoms with Crippen LogP contribution in [0.5, 0.6) is 5.75 Å². The number of amides is 1. The van der Waals surface area contributed by atoms with E-state index in [-0.39, 0.29) is 23.5 Å². The van der Waals surface area contributed by atoms with Crippen LogP contribution >= 0.6 is 0 Å². The van der Waals surface area contributed by atoms with Gasteiger partial charge in [-0.1, -0.05) is 60.7 Å². The number of nitrogens with zero attached hydrogens (tertiary/aromatic N) is 3. The van der Waals surface area contributed by atoms with Crippen LogP contribution in [0.3, 0.4) is 0 Å². The highest BCUT2D eigenvalue weighted by molar-refractivity contribution is 7.89. The van der Waals surface area contributed by atoms with Gasteiger partial charge in [-0.05, 0) is 54.7 Å². The van der Waals surface area contributed by atoms with Gasteiger partial charge in [-0.15, -0.1) is 0 Å². The highest BCUT2D eigenvalue weighted by Crippen LogP contribution is 2.30. The molecular formula is C30H35N3O4S. The first kappa shape index (κ1) is 26.4. The van der Waals surface area contributed by atoms with Gasteiger partial charge < -0.3 is 9.64 Å². The van der Waals surface area contributed by atoms with Crippen molar-refractivity contribution in [3.8, 4) is 5.75 Å². The Morgan fingerprint density at radius 3 is 1.95 bits per heavy atom. The van der Waals surface area contributed by atoms with Gasteiger partial charge in [0.25, 0.3) is 5.91 Å². The number of carbonyl (C=O) groups is 1. The Kier molecular flexibility index (Phi) is 8.12. The molecule has 38 heavy (non-hydrogen) atoms. The average Bonchev–Trinajstić information content (AvgIpc) is 3.50. The van der Waals surface area contributed by atoms with Crippen LogP contribution in [0.2, 0.25) is 0 Å². The minimum absolute atomic E-state index is 0.0613. The summed E-state index contributed by atoms with van der Waals surface area (Å²) in [4.78, 5) is 17.5. The molecule has 2 fully saturated rings. The van der Waals surface area contributed by atoms with Crippen molar-refractivity contribution in [1.29, 1.82) is 0 Å². The summed E-state index contributed by atoms with van der Waals surface area (Å²) < 4.78 is 33.1. The molecule has 3 aromatic carbocycles. The fourth-order valence-electron chi connectivity index (χ4n) is 5.37. The molecule has 0 N–H and O–H groups in total. The molecule has 1 amide bonds. The van der Waals surface area contributed by atoms with E-state index in [0.29, 0.717) is 37.5 Å². The third-order valence-electron chi connectivity index (χ3n) is 7.46. The van der Waals surface area contributed by atoms with Crippen LogP contribution in [0.1, 0.15) is 35.6 Å². The van der Waals surface area contributed by atoms with E-state index >= 15 is 0 Å². The number of ether oxygens (including phenoxy) is 1. The molecule has 2 saturated heterocycles. The van der Waals surface area contributed by atoms with Gasteiger partial charge in [0.1, 0.15) is 5.75 Å². The highest BCUT2D eigenvalue weighted by Gasteiger charge is 2.29. The quantitative estimate of drug-likeness (QED) is 0.436. The first-order valence-corrected chi connectivity index (χ1v) is 14.7. The summed E-state index contributed by atoms with van der Waals surface area (Å²) in [5.41, 5.74) is 3.19. The van der Waals surface area contributed by atoms with Crippen LogP contribution in [-0.4, -0.2) is 74.3 Å². The standard InChI is InChI=1S/C30H35N3O4S/c1-24-22-27(38(35,36)33-16-8-9-17-33)14-15-28(24)37-23-29(34)31-18-20-32(21-19-31)30(25-10-4-2-5-11-25)26-12-6-3-7-13-26/h2-7,10-15,22,30H,8-9,16-21,23H2,1H3. The van der Waals surface area contributed by atoms with Gasteiger partial charge >= 0.3 is 0 Å². The van der Waals surface area contributed by atoms with Gasteiger partial charge in [-0.25, -0.2) is 8.42 Å².